The second-order valence-electron chi connectivity index (χ2n) is 3.73. The molecule has 18 heavy (non-hydrogen) atoms. The standard InChI is InChI=1S/C11H13NO5S/c1-6(11(16)17)10(15)12-7(5-9(13)14)8-3-2-4-18-8/h2-4,6-7H,5H2,1H3,(H,12,15)(H,13,14)(H,16,17). The summed E-state index contributed by atoms with van der Waals surface area (Å²) in [7, 11) is 0. The van der Waals surface area contributed by atoms with Gasteiger partial charge in [0.05, 0.1) is 12.5 Å². The van der Waals surface area contributed by atoms with Crippen molar-refractivity contribution in [3.63, 3.8) is 0 Å². The van der Waals surface area contributed by atoms with Gasteiger partial charge in [-0.25, -0.2) is 0 Å². The second kappa shape index (κ2) is 6.15. The lowest BCUT2D eigenvalue weighted by Crippen LogP contribution is -2.36. The Balaban J connectivity index is 2.76. The van der Waals surface area contributed by atoms with Crippen molar-refractivity contribution in [2.75, 3.05) is 0 Å². The fraction of sp³-hybridized carbons (Fsp3) is 0.364. The summed E-state index contributed by atoms with van der Waals surface area (Å²) >= 11 is 1.31. The molecule has 0 bridgehead atoms. The minimum atomic E-state index is -1.24. The molecule has 2 atom stereocenters. The third kappa shape index (κ3) is 3.85. The molecule has 0 aliphatic heterocycles. The summed E-state index contributed by atoms with van der Waals surface area (Å²) in [6.07, 6.45) is -0.279. The van der Waals surface area contributed by atoms with Crippen LogP contribution in [0.1, 0.15) is 24.3 Å². The van der Waals surface area contributed by atoms with Gasteiger partial charge in [0.1, 0.15) is 5.92 Å². The average Bonchev–Trinajstić information content (AvgIpc) is 2.79. The molecular weight excluding hydrogens is 258 g/mol. The maximum Gasteiger partial charge on any atom is 0.315 e. The van der Waals surface area contributed by atoms with Crippen molar-refractivity contribution in [1.29, 1.82) is 0 Å². The zero-order chi connectivity index (χ0) is 13.7. The highest BCUT2D eigenvalue weighted by atomic mass is 32.1. The summed E-state index contributed by atoms with van der Waals surface area (Å²) in [5, 5.41) is 21.7. The van der Waals surface area contributed by atoms with Crippen molar-refractivity contribution in [3.8, 4) is 0 Å². The molecular formula is C11H13NO5S. The van der Waals surface area contributed by atoms with Gasteiger partial charge in [0, 0.05) is 4.88 Å². The Kier molecular flexibility index (Phi) is 4.85. The van der Waals surface area contributed by atoms with Gasteiger partial charge in [-0.2, -0.15) is 0 Å². The Bertz CT molecular complexity index is 442. The van der Waals surface area contributed by atoms with E-state index in [1.807, 2.05) is 0 Å². The van der Waals surface area contributed by atoms with Gasteiger partial charge in [0.25, 0.3) is 0 Å². The van der Waals surface area contributed by atoms with Crippen LogP contribution < -0.4 is 5.32 Å². The van der Waals surface area contributed by atoms with E-state index in [0.29, 0.717) is 4.88 Å². The fourth-order valence-electron chi connectivity index (χ4n) is 1.30. The highest BCUT2D eigenvalue weighted by molar-refractivity contribution is 7.10. The van der Waals surface area contributed by atoms with Crippen molar-refractivity contribution >= 4 is 29.2 Å². The van der Waals surface area contributed by atoms with Crippen LogP contribution in [0.15, 0.2) is 17.5 Å². The van der Waals surface area contributed by atoms with E-state index in [1.54, 1.807) is 17.5 Å². The van der Waals surface area contributed by atoms with Gasteiger partial charge in [-0.3, -0.25) is 14.4 Å². The minimum Gasteiger partial charge on any atom is -0.481 e. The molecule has 1 amide bonds. The van der Waals surface area contributed by atoms with E-state index < -0.39 is 29.8 Å². The number of hydrogen-bond donors (Lipinski definition) is 3. The van der Waals surface area contributed by atoms with Crippen LogP contribution in [0.4, 0.5) is 0 Å². The SMILES string of the molecule is CC(C(=O)O)C(=O)NC(CC(=O)O)c1cccs1. The Morgan fingerprint density at radius 3 is 2.50 bits per heavy atom. The Hall–Kier alpha value is -1.89. The molecule has 3 N–H and O–H groups in total. The molecule has 7 heteroatoms. The topological polar surface area (TPSA) is 104 Å². The number of carboxylic acid groups (broad SMARTS) is 2. The van der Waals surface area contributed by atoms with E-state index >= 15 is 0 Å². The molecule has 0 fully saturated rings. The first-order valence-electron chi connectivity index (χ1n) is 5.20. The van der Waals surface area contributed by atoms with E-state index in [2.05, 4.69) is 5.32 Å². The van der Waals surface area contributed by atoms with Gasteiger partial charge in [-0.1, -0.05) is 6.07 Å². The lowest BCUT2D eigenvalue weighted by molar-refractivity contribution is -0.146. The number of hydrogen-bond acceptors (Lipinski definition) is 4. The molecule has 0 aromatic carbocycles. The number of amides is 1. The van der Waals surface area contributed by atoms with Crippen LogP contribution in [-0.4, -0.2) is 28.1 Å². The number of carboxylic acids is 2. The summed E-state index contributed by atoms with van der Waals surface area (Å²) in [6, 6.07) is 2.74. The number of carbonyl (C=O) groups is 3. The van der Waals surface area contributed by atoms with Gasteiger partial charge in [-0.05, 0) is 18.4 Å². The molecule has 0 radical (unpaired) electrons. The molecule has 1 heterocycles. The molecule has 0 saturated carbocycles. The Morgan fingerprint density at radius 2 is 2.06 bits per heavy atom. The maximum absolute atomic E-state index is 11.6. The molecule has 0 aliphatic rings. The number of thiophene rings is 1. The van der Waals surface area contributed by atoms with Gasteiger partial charge in [0.15, 0.2) is 0 Å². The van der Waals surface area contributed by atoms with Crippen LogP contribution in [-0.2, 0) is 14.4 Å². The van der Waals surface area contributed by atoms with Gasteiger partial charge in [0.2, 0.25) is 5.91 Å². The van der Waals surface area contributed by atoms with Crippen LogP contribution in [0, 0.1) is 5.92 Å². The van der Waals surface area contributed by atoms with Crippen LogP contribution in [0.3, 0.4) is 0 Å². The first-order valence-corrected chi connectivity index (χ1v) is 6.08. The summed E-state index contributed by atoms with van der Waals surface area (Å²) < 4.78 is 0. The maximum atomic E-state index is 11.6. The first-order chi connectivity index (χ1) is 8.41. The molecule has 0 spiro atoms. The van der Waals surface area contributed by atoms with Crippen molar-refractivity contribution < 1.29 is 24.6 Å². The van der Waals surface area contributed by atoms with Crippen LogP contribution in [0.5, 0.6) is 0 Å². The highest BCUT2D eigenvalue weighted by Gasteiger charge is 2.25. The number of aliphatic carboxylic acids is 2. The average molecular weight is 271 g/mol. The largest absolute Gasteiger partial charge is 0.481 e. The van der Waals surface area contributed by atoms with E-state index in [1.165, 1.54) is 18.3 Å². The second-order valence-corrected chi connectivity index (χ2v) is 4.71. The van der Waals surface area contributed by atoms with Crippen molar-refractivity contribution in [2.24, 2.45) is 5.92 Å². The number of rotatable bonds is 6. The normalized spacial score (nSPS) is 13.6. The highest BCUT2D eigenvalue weighted by Crippen LogP contribution is 2.22. The first kappa shape index (κ1) is 14.2. The van der Waals surface area contributed by atoms with E-state index in [-0.39, 0.29) is 6.42 Å². The van der Waals surface area contributed by atoms with Crippen LogP contribution in [0.2, 0.25) is 0 Å². The molecule has 1 aromatic heterocycles. The number of carbonyl (C=O) groups excluding carboxylic acids is 1. The lowest BCUT2D eigenvalue weighted by atomic mass is 10.1. The van der Waals surface area contributed by atoms with Crippen molar-refractivity contribution in [2.45, 2.75) is 19.4 Å². The molecule has 0 aliphatic carbocycles. The smallest absolute Gasteiger partial charge is 0.315 e. The molecule has 1 aromatic rings. The van der Waals surface area contributed by atoms with Crippen LogP contribution >= 0.6 is 11.3 Å². The predicted octanol–water partition coefficient (Wildman–Crippen LogP) is 1.10. The summed E-state index contributed by atoms with van der Waals surface area (Å²) in [4.78, 5) is 33.7. The molecule has 6 nitrogen and oxygen atoms in total. The molecule has 2 unspecified atom stereocenters. The monoisotopic (exact) mass is 271 g/mol. The van der Waals surface area contributed by atoms with E-state index in [4.69, 9.17) is 10.2 Å². The van der Waals surface area contributed by atoms with Crippen LogP contribution in [0.25, 0.3) is 0 Å². The Morgan fingerprint density at radius 1 is 1.39 bits per heavy atom. The van der Waals surface area contributed by atoms with Crippen molar-refractivity contribution in [3.05, 3.63) is 22.4 Å². The minimum absolute atomic E-state index is 0.279. The molecule has 98 valence electrons. The lowest BCUT2D eigenvalue weighted by Gasteiger charge is -2.17. The van der Waals surface area contributed by atoms with E-state index in [0.717, 1.165) is 0 Å². The van der Waals surface area contributed by atoms with Gasteiger partial charge < -0.3 is 15.5 Å². The fourth-order valence-corrected chi connectivity index (χ4v) is 2.07. The zero-order valence-electron chi connectivity index (χ0n) is 9.62. The van der Waals surface area contributed by atoms with Crippen molar-refractivity contribution in [1.82, 2.24) is 5.32 Å². The molecule has 0 saturated heterocycles. The summed E-state index contributed by atoms with van der Waals surface area (Å²) in [5.41, 5.74) is 0. The number of nitrogens with one attached hydrogen (secondary N) is 1. The van der Waals surface area contributed by atoms with E-state index in [9.17, 15) is 14.4 Å². The quantitative estimate of drug-likeness (QED) is 0.672. The summed E-state index contributed by atoms with van der Waals surface area (Å²) in [6.45, 7) is 1.25. The zero-order valence-corrected chi connectivity index (χ0v) is 10.4. The summed E-state index contributed by atoms with van der Waals surface area (Å²) in [5.74, 6) is -4.20. The van der Waals surface area contributed by atoms with Gasteiger partial charge in [-0.15, -0.1) is 11.3 Å². The Labute approximate surface area is 107 Å². The molecule has 1 rings (SSSR count). The van der Waals surface area contributed by atoms with Gasteiger partial charge >= 0.3 is 11.9 Å². The third-order valence-electron chi connectivity index (χ3n) is 2.35. The predicted molar refractivity (Wildman–Crippen MR) is 64.3 cm³/mol. The third-order valence-corrected chi connectivity index (χ3v) is 3.33.